The van der Waals surface area contributed by atoms with E-state index in [2.05, 4.69) is 11.4 Å². The predicted octanol–water partition coefficient (Wildman–Crippen LogP) is 2.93. The van der Waals surface area contributed by atoms with Gasteiger partial charge in [0.1, 0.15) is 5.75 Å². The molecule has 1 saturated carbocycles. The maximum absolute atomic E-state index is 11.9. The minimum atomic E-state index is 0.218. The fraction of sp³-hybridized carbons (Fsp3) is 0.588. The molecule has 1 aromatic carbocycles. The third kappa shape index (κ3) is 3.33. The largest absolute Gasteiger partial charge is 0.493 e. The zero-order chi connectivity index (χ0) is 13.8. The van der Waals surface area contributed by atoms with Crippen LogP contribution in [0.15, 0.2) is 24.3 Å². The summed E-state index contributed by atoms with van der Waals surface area (Å²) < 4.78 is 5.75. The molecule has 1 atom stereocenters. The molecule has 3 rings (SSSR count). The van der Waals surface area contributed by atoms with E-state index < -0.39 is 0 Å². The Morgan fingerprint density at radius 1 is 1.20 bits per heavy atom. The van der Waals surface area contributed by atoms with Crippen molar-refractivity contribution in [3.8, 4) is 5.75 Å². The van der Waals surface area contributed by atoms with E-state index in [9.17, 15) is 4.79 Å². The highest BCUT2D eigenvalue weighted by molar-refractivity contribution is 5.76. The van der Waals surface area contributed by atoms with Gasteiger partial charge in [0.25, 0.3) is 0 Å². The average Bonchev–Trinajstić information content (AvgIpc) is 2.98. The molecule has 1 aliphatic heterocycles. The number of rotatable bonds is 4. The van der Waals surface area contributed by atoms with E-state index in [1.54, 1.807) is 0 Å². The Labute approximate surface area is 120 Å². The van der Waals surface area contributed by atoms with Crippen LogP contribution in [0.3, 0.4) is 0 Å². The third-order valence-corrected chi connectivity index (χ3v) is 4.49. The minimum Gasteiger partial charge on any atom is -0.493 e. The summed E-state index contributed by atoms with van der Waals surface area (Å²) in [6.45, 7) is 1.45. The SMILES string of the molecule is O=C(CC1CCCC1)NCC1COc2ccccc2C1. The Kier molecular flexibility index (Phi) is 4.24. The number of hydrogen-bond acceptors (Lipinski definition) is 2. The number of fused-ring (bicyclic) bond motifs is 1. The van der Waals surface area contributed by atoms with Crippen molar-refractivity contribution in [3.63, 3.8) is 0 Å². The van der Waals surface area contributed by atoms with Gasteiger partial charge in [-0.05, 0) is 36.8 Å². The van der Waals surface area contributed by atoms with Gasteiger partial charge < -0.3 is 10.1 Å². The molecule has 3 nitrogen and oxygen atoms in total. The Morgan fingerprint density at radius 2 is 2.00 bits per heavy atom. The molecule has 1 heterocycles. The molecule has 108 valence electrons. The Bertz CT molecular complexity index is 466. The molecule has 0 aromatic heterocycles. The topological polar surface area (TPSA) is 38.3 Å². The predicted molar refractivity (Wildman–Crippen MR) is 78.7 cm³/mol. The van der Waals surface area contributed by atoms with Gasteiger partial charge in [-0.3, -0.25) is 4.79 Å². The molecular weight excluding hydrogens is 250 g/mol. The third-order valence-electron chi connectivity index (χ3n) is 4.49. The first-order chi connectivity index (χ1) is 9.81. The van der Waals surface area contributed by atoms with E-state index in [0.29, 0.717) is 24.9 Å². The summed E-state index contributed by atoms with van der Waals surface area (Å²) in [5.74, 6) is 2.24. The molecule has 1 unspecified atom stereocenters. The number of carbonyl (C=O) groups excluding carboxylic acids is 1. The van der Waals surface area contributed by atoms with Gasteiger partial charge >= 0.3 is 0 Å². The number of benzene rings is 1. The highest BCUT2D eigenvalue weighted by atomic mass is 16.5. The second kappa shape index (κ2) is 6.29. The van der Waals surface area contributed by atoms with Gasteiger partial charge in [0.15, 0.2) is 0 Å². The van der Waals surface area contributed by atoms with E-state index in [1.807, 2.05) is 18.2 Å². The molecule has 1 aromatic rings. The van der Waals surface area contributed by atoms with E-state index >= 15 is 0 Å². The highest BCUT2D eigenvalue weighted by Gasteiger charge is 2.22. The first-order valence-corrected chi connectivity index (χ1v) is 7.78. The molecule has 20 heavy (non-hydrogen) atoms. The van der Waals surface area contributed by atoms with Crippen LogP contribution in [0.5, 0.6) is 5.75 Å². The van der Waals surface area contributed by atoms with Crippen LogP contribution in [0.1, 0.15) is 37.7 Å². The lowest BCUT2D eigenvalue weighted by Gasteiger charge is -2.25. The molecule has 1 N–H and O–H groups in total. The Morgan fingerprint density at radius 3 is 2.85 bits per heavy atom. The molecule has 2 aliphatic rings. The zero-order valence-electron chi connectivity index (χ0n) is 11.9. The van der Waals surface area contributed by atoms with Gasteiger partial charge in [0.05, 0.1) is 6.61 Å². The highest BCUT2D eigenvalue weighted by Crippen LogP contribution is 2.28. The van der Waals surface area contributed by atoms with E-state index in [1.165, 1.54) is 31.2 Å². The number of amides is 1. The van der Waals surface area contributed by atoms with Gasteiger partial charge in [-0.2, -0.15) is 0 Å². The van der Waals surface area contributed by atoms with Crippen molar-refractivity contribution in [2.75, 3.05) is 13.2 Å². The Hall–Kier alpha value is -1.51. The van der Waals surface area contributed by atoms with Crippen molar-refractivity contribution in [3.05, 3.63) is 29.8 Å². The van der Waals surface area contributed by atoms with Crippen LogP contribution in [0.25, 0.3) is 0 Å². The summed E-state index contributed by atoms with van der Waals surface area (Å²) in [5.41, 5.74) is 1.26. The molecule has 0 saturated heterocycles. The summed E-state index contributed by atoms with van der Waals surface area (Å²) >= 11 is 0. The second-order valence-corrected chi connectivity index (χ2v) is 6.15. The molecule has 0 spiro atoms. The standard InChI is InChI=1S/C17H23NO2/c19-17(10-13-5-1-2-6-13)18-11-14-9-15-7-3-4-8-16(15)20-12-14/h3-4,7-8,13-14H,1-2,5-6,9-12H2,(H,18,19). The lowest BCUT2D eigenvalue weighted by molar-refractivity contribution is -0.122. The fourth-order valence-corrected chi connectivity index (χ4v) is 3.33. The molecule has 1 fully saturated rings. The van der Waals surface area contributed by atoms with Gasteiger partial charge in [-0.1, -0.05) is 31.0 Å². The van der Waals surface area contributed by atoms with Crippen molar-refractivity contribution < 1.29 is 9.53 Å². The fourth-order valence-electron chi connectivity index (χ4n) is 3.33. The summed E-state index contributed by atoms with van der Waals surface area (Å²) in [4.78, 5) is 11.9. The number of hydrogen-bond donors (Lipinski definition) is 1. The first-order valence-electron chi connectivity index (χ1n) is 7.78. The molecule has 1 aliphatic carbocycles. The van der Waals surface area contributed by atoms with Gasteiger partial charge in [-0.15, -0.1) is 0 Å². The zero-order valence-corrected chi connectivity index (χ0v) is 11.9. The Balaban J connectivity index is 1.44. The maximum Gasteiger partial charge on any atom is 0.220 e. The number of carbonyl (C=O) groups is 1. The number of ether oxygens (including phenoxy) is 1. The van der Waals surface area contributed by atoms with E-state index in [-0.39, 0.29) is 5.91 Å². The number of nitrogens with one attached hydrogen (secondary N) is 1. The van der Waals surface area contributed by atoms with Crippen LogP contribution in [-0.4, -0.2) is 19.1 Å². The van der Waals surface area contributed by atoms with Crippen molar-refractivity contribution in [1.29, 1.82) is 0 Å². The van der Waals surface area contributed by atoms with Crippen LogP contribution in [-0.2, 0) is 11.2 Å². The van der Waals surface area contributed by atoms with Crippen LogP contribution in [0.4, 0.5) is 0 Å². The summed E-state index contributed by atoms with van der Waals surface area (Å²) in [6.07, 6.45) is 6.76. The normalized spacial score (nSPS) is 22.1. The van der Waals surface area contributed by atoms with Crippen LogP contribution >= 0.6 is 0 Å². The summed E-state index contributed by atoms with van der Waals surface area (Å²) in [7, 11) is 0. The van der Waals surface area contributed by atoms with Crippen LogP contribution in [0, 0.1) is 11.8 Å². The molecular formula is C17H23NO2. The van der Waals surface area contributed by atoms with Crippen LogP contribution in [0.2, 0.25) is 0 Å². The van der Waals surface area contributed by atoms with Crippen LogP contribution < -0.4 is 10.1 Å². The van der Waals surface area contributed by atoms with Crippen molar-refractivity contribution >= 4 is 5.91 Å². The smallest absolute Gasteiger partial charge is 0.220 e. The summed E-state index contributed by atoms with van der Waals surface area (Å²) in [5, 5.41) is 3.09. The molecule has 0 radical (unpaired) electrons. The molecule has 1 amide bonds. The van der Waals surface area contributed by atoms with E-state index in [0.717, 1.165) is 18.7 Å². The van der Waals surface area contributed by atoms with Crippen molar-refractivity contribution in [2.24, 2.45) is 11.8 Å². The monoisotopic (exact) mass is 273 g/mol. The number of para-hydroxylation sites is 1. The molecule has 3 heteroatoms. The quantitative estimate of drug-likeness (QED) is 0.916. The second-order valence-electron chi connectivity index (χ2n) is 6.15. The van der Waals surface area contributed by atoms with Crippen molar-refractivity contribution in [1.82, 2.24) is 5.32 Å². The first kappa shape index (κ1) is 13.5. The lowest BCUT2D eigenvalue weighted by atomic mass is 9.96. The average molecular weight is 273 g/mol. The van der Waals surface area contributed by atoms with Gasteiger partial charge in [-0.25, -0.2) is 0 Å². The minimum absolute atomic E-state index is 0.218. The molecule has 0 bridgehead atoms. The van der Waals surface area contributed by atoms with Gasteiger partial charge in [0, 0.05) is 18.9 Å². The van der Waals surface area contributed by atoms with E-state index in [4.69, 9.17) is 4.74 Å². The maximum atomic E-state index is 11.9. The van der Waals surface area contributed by atoms with Gasteiger partial charge in [0.2, 0.25) is 5.91 Å². The van der Waals surface area contributed by atoms with Crippen molar-refractivity contribution in [2.45, 2.75) is 38.5 Å². The summed E-state index contributed by atoms with van der Waals surface area (Å²) in [6, 6.07) is 8.18. The lowest BCUT2D eigenvalue weighted by Crippen LogP contribution is -2.35.